The summed E-state index contributed by atoms with van der Waals surface area (Å²) in [6.07, 6.45) is 8.33. The van der Waals surface area contributed by atoms with Gasteiger partial charge in [0.2, 0.25) is 0 Å². The minimum atomic E-state index is -4.27. The molecule has 2 fully saturated rings. The van der Waals surface area contributed by atoms with Gasteiger partial charge in [0, 0.05) is 24.4 Å². The Morgan fingerprint density at radius 1 is 0.766 bits per heavy atom. The van der Waals surface area contributed by atoms with Crippen LogP contribution in [0.5, 0.6) is 5.75 Å². The molecule has 3 aliphatic rings. The minimum absolute atomic E-state index is 0.00518. The van der Waals surface area contributed by atoms with Gasteiger partial charge in [0.1, 0.15) is 10.7 Å². The molecule has 1 unspecified atom stereocenters. The lowest BCUT2D eigenvalue weighted by molar-refractivity contribution is 0.399. The van der Waals surface area contributed by atoms with Crippen LogP contribution in [0.15, 0.2) is 104 Å². The van der Waals surface area contributed by atoms with Gasteiger partial charge in [0.15, 0.2) is 5.75 Å². The molecule has 3 aromatic carbocycles. The fourth-order valence-corrected chi connectivity index (χ4v) is 9.24. The molecule has 0 aliphatic heterocycles. The maximum Gasteiger partial charge on any atom is 0.343 e. The quantitative estimate of drug-likeness (QED) is 0.155. The molecule has 3 aliphatic carbocycles. The molecule has 0 bridgehead atoms. The van der Waals surface area contributed by atoms with E-state index in [0.29, 0.717) is 36.4 Å². The molecule has 7 rings (SSSR count). The largest absolute Gasteiger partial charge is 0.427 e. The SMILES string of the molecule is O=c1oc2c(c(OS(=O)(=O)c3ccccc3)c1C(c1cccc(N(CC3CC3)S(=O)(=O)c3ccccc3)c1)C1CC1)CCCCCC2. The van der Waals surface area contributed by atoms with Crippen molar-refractivity contribution in [3.8, 4) is 5.75 Å². The molecule has 2 saturated carbocycles. The number of nitrogens with zero attached hydrogens (tertiary/aromatic N) is 1. The molecule has 8 nitrogen and oxygen atoms in total. The van der Waals surface area contributed by atoms with Crippen LogP contribution in [0.3, 0.4) is 0 Å². The Morgan fingerprint density at radius 2 is 1.43 bits per heavy atom. The van der Waals surface area contributed by atoms with E-state index < -0.39 is 31.7 Å². The predicted octanol–water partition coefficient (Wildman–Crippen LogP) is 7.21. The van der Waals surface area contributed by atoms with Crippen molar-refractivity contribution in [2.75, 3.05) is 10.8 Å². The van der Waals surface area contributed by atoms with Gasteiger partial charge in [0.05, 0.1) is 16.1 Å². The standard InChI is InChI=1S/C37H39NO7S2/c39-37-35(36(32-18-9-1-2-10-19-33(32)44-37)45-47(42,43)31-16-7-4-8-17-31)34(27-22-23-27)28-12-11-13-29(24-28)38(25-26-20-21-26)46(40,41)30-14-5-3-6-15-30/h3-8,11-17,24,26-27,34H,1-2,9-10,18-23,25H2. The molecular formula is C37H39NO7S2. The van der Waals surface area contributed by atoms with E-state index in [2.05, 4.69) is 0 Å². The van der Waals surface area contributed by atoms with E-state index in [1.54, 1.807) is 54.6 Å². The average molecular weight is 674 g/mol. The predicted molar refractivity (Wildman–Crippen MR) is 180 cm³/mol. The van der Waals surface area contributed by atoms with E-state index in [1.807, 2.05) is 18.2 Å². The number of rotatable bonds is 11. The first-order chi connectivity index (χ1) is 22.7. The third kappa shape index (κ3) is 6.76. The molecule has 0 N–H and O–H groups in total. The highest BCUT2D eigenvalue weighted by Gasteiger charge is 2.41. The molecule has 246 valence electrons. The van der Waals surface area contributed by atoms with Gasteiger partial charge in [-0.05, 0) is 98.7 Å². The van der Waals surface area contributed by atoms with Crippen molar-refractivity contribution in [3.05, 3.63) is 118 Å². The van der Waals surface area contributed by atoms with Crippen molar-refractivity contribution in [2.45, 2.75) is 79.9 Å². The molecule has 10 heteroatoms. The number of benzene rings is 3. The van der Waals surface area contributed by atoms with Gasteiger partial charge in [-0.1, -0.05) is 61.4 Å². The number of hydrogen-bond acceptors (Lipinski definition) is 7. The van der Waals surface area contributed by atoms with Crippen LogP contribution in [-0.2, 0) is 33.0 Å². The normalized spacial score (nSPS) is 17.6. The highest BCUT2D eigenvalue weighted by Crippen LogP contribution is 2.50. The minimum Gasteiger partial charge on any atom is -0.427 e. The van der Waals surface area contributed by atoms with Crippen LogP contribution in [0.1, 0.15) is 79.7 Å². The Bertz CT molecular complexity index is 2020. The summed E-state index contributed by atoms with van der Waals surface area (Å²) in [7, 11) is -8.14. The maximum atomic E-state index is 14.0. The molecule has 1 heterocycles. The zero-order valence-corrected chi connectivity index (χ0v) is 27.8. The van der Waals surface area contributed by atoms with E-state index >= 15 is 0 Å². The van der Waals surface area contributed by atoms with Crippen LogP contribution in [0.25, 0.3) is 0 Å². The Balaban J connectivity index is 1.37. The summed E-state index contributed by atoms with van der Waals surface area (Å²) in [4.78, 5) is 14.3. The Labute approximate surface area is 276 Å². The highest BCUT2D eigenvalue weighted by atomic mass is 32.2. The van der Waals surface area contributed by atoms with Crippen LogP contribution in [0.4, 0.5) is 5.69 Å². The second kappa shape index (κ2) is 13.0. The molecule has 0 amide bonds. The van der Waals surface area contributed by atoms with Crippen LogP contribution in [0, 0.1) is 11.8 Å². The van der Waals surface area contributed by atoms with Crippen molar-refractivity contribution in [1.82, 2.24) is 0 Å². The molecule has 1 aromatic heterocycles. The number of fused-ring (bicyclic) bond motifs is 1. The van der Waals surface area contributed by atoms with Gasteiger partial charge in [-0.3, -0.25) is 4.31 Å². The lowest BCUT2D eigenvalue weighted by Gasteiger charge is -2.27. The number of anilines is 1. The molecule has 4 aromatic rings. The summed E-state index contributed by atoms with van der Waals surface area (Å²) in [5, 5.41) is 0. The van der Waals surface area contributed by atoms with Crippen molar-refractivity contribution in [1.29, 1.82) is 0 Å². The lowest BCUT2D eigenvalue weighted by Crippen LogP contribution is -2.33. The number of sulfonamides is 1. The van der Waals surface area contributed by atoms with Gasteiger partial charge in [-0.2, -0.15) is 8.42 Å². The first-order valence-corrected chi connectivity index (χ1v) is 19.4. The van der Waals surface area contributed by atoms with Crippen molar-refractivity contribution >= 4 is 25.8 Å². The molecule has 47 heavy (non-hydrogen) atoms. The van der Waals surface area contributed by atoms with E-state index in [1.165, 1.54) is 16.4 Å². The van der Waals surface area contributed by atoms with Gasteiger partial charge in [-0.25, -0.2) is 13.2 Å². The molecule has 0 saturated heterocycles. The first-order valence-electron chi connectivity index (χ1n) is 16.6. The fraction of sp³-hybridized carbons (Fsp3) is 0.378. The van der Waals surface area contributed by atoms with Crippen molar-refractivity contribution in [3.63, 3.8) is 0 Å². The smallest absolute Gasteiger partial charge is 0.343 e. The number of hydrogen-bond donors (Lipinski definition) is 0. The first kappa shape index (κ1) is 31.7. The van der Waals surface area contributed by atoms with Gasteiger partial charge >= 0.3 is 15.7 Å². The Hall–Kier alpha value is -3.89. The third-order valence-electron chi connectivity index (χ3n) is 9.47. The molecule has 1 atom stereocenters. The van der Waals surface area contributed by atoms with Crippen LogP contribution < -0.4 is 14.1 Å². The summed E-state index contributed by atoms with van der Waals surface area (Å²) in [6.45, 7) is 0.361. The van der Waals surface area contributed by atoms with E-state index in [9.17, 15) is 21.6 Å². The topological polar surface area (TPSA) is 111 Å². The zero-order valence-electron chi connectivity index (χ0n) is 26.2. The summed E-state index contributed by atoms with van der Waals surface area (Å²) in [5.41, 5.74) is 1.48. The summed E-state index contributed by atoms with van der Waals surface area (Å²) >= 11 is 0. The van der Waals surface area contributed by atoms with Gasteiger partial charge in [-0.15, -0.1) is 0 Å². The second-order valence-corrected chi connectivity index (χ2v) is 16.4. The van der Waals surface area contributed by atoms with Crippen molar-refractivity contribution in [2.24, 2.45) is 11.8 Å². The van der Waals surface area contributed by atoms with E-state index in [0.717, 1.165) is 56.9 Å². The molecule has 0 radical (unpaired) electrons. The summed E-state index contributed by atoms with van der Waals surface area (Å²) in [6, 6.07) is 23.7. The average Bonchev–Trinajstić information content (AvgIpc) is 4.00. The second-order valence-electron chi connectivity index (χ2n) is 13.0. The fourth-order valence-electron chi connectivity index (χ4n) is 6.69. The van der Waals surface area contributed by atoms with E-state index in [4.69, 9.17) is 8.60 Å². The van der Waals surface area contributed by atoms with Crippen molar-refractivity contribution < 1.29 is 25.4 Å². The van der Waals surface area contributed by atoms with Crippen LogP contribution >= 0.6 is 0 Å². The summed E-state index contributed by atoms with van der Waals surface area (Å²) in [5.74, 6) is 0.357. The molecular weight excluding hydrogens is 635 g/mol. The van der Waals surface area contributed by atoms with Crippen LogP contribution in [-0.4, -0.2) is 23.4 Å². The summed E-state index contributed by atoms with van der Waals surface area (Å²) < 4.78 is 68.9. The Kier molecular flexibility index (Phi) is 8.74. The third-order valence-corrected chi connectivity index (χ3v) is 12.5. The van der Waals surface area contributed by atoms with Gasteiger partial charge < -0.3 is 8.60 Å². The van der Waals surface area contributed by atoms with Crippen LogP contribution in [0.2, 0.25) is 0 Å². The lowest BCUT2D eigenvalue weighted by atomic mass is 9.85. The highest BCUT2D eigenvalue weighted by molar-refractivity contribution is 7.92. The van der Waals surface area contributed by atoms with E-state index in [-0.39, 0.29) is 32.9 Å². The Morgan fingerprint density at radius 3 is 2.09 bits per heavy atom. The number of aryl methyl sites for hydroxylation is 1. The monoisotopic (exact) mass is 673 g/mol. The zero-order chi connectivity index (χ0) is 32.6. The molecule has 0 spiro atoms. The maximum absolute atomic E-state index is 14.0. The van der Waals surface area contributed by atoms with Gasteiger partial charge in [0.25, 0.3) is 10.0 Å².